The Morgan fingerprint density at radius 2 is 1.87 bits per heavy atom. The van der Waals surface area contributed by atoms with Crippen molar-refractivity contribution in [3.05, 3.63) is 58.2 Å². The van der Waals surface area contributed by atoms with Crippen LogP contribution in [0, 0.1) is 16.7 Å². The Morgan fingerprint density at radius 1 is 1.10 bits per heavy atom. The Bertz CT molecular complexity index is 2490. The number of rotatable bonds is 12. The number of aromatic nitrogens is 3. The van der Waals surface area contributed by atoms with Crippen molar-refractivity contribution in [1.82, 2.24) is 45.0 Å². The molecule has 1 aliphatic carbocycles. The molecule has 1 saturated carbocycles. The van der Waals surface area contributed by atoms with Crippen LogP contribution < -0.4 is 10.7 Å². The monoisotopic (exact) mass is 954 g/mol. The maximum Gasteiger partial charge on any atom is 0.324 e. The fourth-order valence-electron chi connectivity index (χ4n) is 10.9. The third-order valence-corrected chi connectivity index (χ3v) is 15.6. The van der Waals surface area contributed by atoms with E-state index < -0.39 is 35.4 Å². The number of nitrogens with zero attached hydrogens (tertiary/aromatic N) is 7. The van der Waals surface area contributed by atoms with E-state index in [2.05, 4.69) is 72.3 Å². The standard InChI is InChI=1S/C51H71N9O7S/c1-11-59-41-17-16-33-22-36(41)37(45(59)35-14-12-18-52-43(35)32(4)66-10)26-50(5,6)30-67-48(63)38-15-13-19-60(55-38)47(62)39(23-42-53-40(33)27-68-42)54-46(61)44(31(2)3)57(8)49(64)58-28-51(29-58)24-34(25-51)56(7)20-21-65-9/h12,14,16-18,22,27,31-32,34,38-39,44,55H,11,13,15,19-21,23-26,28-30H2,1-10H3,(H,54,61)/t32-,38-,39-,44-/m0/s1. The topological polar surface area (TPSA) is 164 Å². The summed E-state index contributed by atoms with van der Waals surface area (Å²) in [6.07, 6.45) is 5.36. The van der Waals surface area contributed by atoms with Crippen LogP contribution in [0.25, 0.3) is 33.4 Å². The zero-order valence-electron chi connectivity index (χ0n) is 41.6. The van der Waals surface area contributed by atoms with E-state index >= 15 is 0 Å². The number of methoxy groups -OCH3 is 2. The molecule has 68 heavy (non-hydrogen) atoms. The van der Waals surface area contributed by atoms with Gasteiger partial charge in [0.25, 0.3) is 5.91 Å². The van der Waals surface area contributed by atoms with Gasteiger partial charge in [-0.2, -0.15) is 0 Å². The lowest BCUT2D eigenvalue weighted by atomic mass is 9.60. The van der Waals surface area contributed by atoms with Crippen LogP contribution in [0.15, 0.2) is 41.9 Å². The molecule has 4 aromatic rings. The van der Waals surface area contributed by atoms with E-state index in [0.29, 0.717) is 63.1 Å². The summed E-state index contributed by atoms with van der Waals surface area (Å²) in [5.41, 5.74) is 9.53. The minimum Gasteiger partial charge on any atom is -0.464 e. The van der Waals surface area contributed by atoms with Crippen molar-refractivity contribution in [3.63, 3.8) is 0 Å². The number of carbonyl (C=O) groups is 4. The van der Waals surface area contributed by atoms with Crippen LogP contribution in [0.3, 0.4) is 0 Å². The van der Waals surface area contributed by atoms with Crippen molar-refractivity contribution >= 4 is 46.1 Å². The van der Waals surface area contributed by atoms with Gasteiger partial charge < -0.3 is 38.8 Å². The molecule has 1 aromatic carbocycles. The van der Waals surface area contributed by atoms with Crippen LogP contribution in [0.1, 0.15) is 89.6 Å². The predicted molar refractivity (Wildman–Crippen MR) is 263 cm³/mol. The minimum atomic E-state index is -1.04. The van der Waals surface area contributed by atoms with E-state index in [1.54, 1.807) is 27.5 Å². The molecule has 4 atom stereocenters. The molecule has 4 amide bonds. The smallest absolute Gasteiger partial charge is 0.324 e. The summed E-state index contributed by atoms with van der Waals surface area (Å²) < 4.78 is 19.5. The van der Waals surface area contributed by atoms with Gasteiger partial charge in [-0.05, 0) is 88.7 Å². The van der Waals surface area contributed by atoms with E-state index in [9.17, 15) is 19.2 Å². The van der Waals surface area contributed by atoms with E-state index in [1.165, 1.54) is 21.2 Å². The van der Waals surface area contributed by atoms with E-state index in [0.717, 1.165) is 64.1 Å². The summed E-state index contributed by atoms with van der Waals surface area (Å²) in [6.45, 7) is 16.3. The summed E-state index contributed by atoms with van der Waals surface area (Å²) >= 11 is 1.43. The number of pyridine rings is 1. The number of hydrazine groups is 1. The molecule has 0 radical (unpaired) electrons. The van der Waals surface area contributed by atoms with E-state index in [-0.39, 0.29) is 42.4 Å². The summed E-state index contributed by atoms with van der Waals surface area (Å²) in [4.78, 5) is 72.8. The number of esters is 1. The van der Waals surface area contributed by atoms with Crippen molar-refractivity contribution in [3.8, 4) is 22.5 Å². The van der Waals surface area contributed by atoms with Gasteiger partial charge in [0.05, 0.1) is 41.4 Å². The number of fused-ring (bicyclic) bond motifs is 6. The van der Waals surface area contributed by atoms with Gasteiger partial charge in [-0.3, -0.25) is 24.4 Å². The molecule has 6 heterocycles. The molecule has 3 aliphatic heterocycles. The molecule has 0 unspecified atom stereocenters. The largest absolute Gasteiger partial charge is 0.464 e. The highest BCUT2D eigenvalue weighted by atomic mass is 32.1. The Kier molecular flexibility index (Phi) is 14.7. The number of urea groups is 1. The highest BCUT2D eigenvalue weighted by molar-refractivity contribution is 7.10. The molecule has 6 bridgehead atoms. The lowest BCUT2D eigenvalue weighted by Gasteiger charge is -2.61. The van der Waals surface area contributed by atoms with Crippen molar-refractivity contribution in [1.29, 1.82) is 0 Å². The molecule has 2 N–H and O–H groups in total. The number of cyclic esters (lactones) is 1. The molecular weight excluding hydrogens is 883 g/mol. The number of ether oxygens (including phenoxy) is 3. The molecule has 3 aromatic heterocycles. The van der Waals surface area contributed by atoms with Crippen molar-refractivity contribution in [2.45, 2.75) is 117 Å². The number of thiazole rings is 1. The minimum absolute atomic E-state index is 0.110. The number of benzene rings is 1. The third kappa shape index (κ3) is 9.91. The van der Waals surface area contributed by atoms with Gasteiger partial charge in [-0.15, -0.1) is 11.3 Å². The van der Waals surface area contributed by atoms with Gasteiger partial charge in [-0.25, -0.2) is 15.2 Å². The number of hydrogen-bond acceptors (Lipinski definition) is 12. The Hall–Kier alpha value is -4.94. The first-order valence-corrected chi connectivity index (χ1v) is 25.2. The van der Waals surface area contributed by atoms with Gasteiger partial charge in [-0.1, -0.05) is 33.8 Å². The fourth-order valence-corrected chi connectivity index (χ4v) is 11.8. The first-order chi connectivity index (χ1) is 32.5. The van der Waals surface area contributed by atoms with Gasteiger partial charge >= 0.3 is 12.0 Å². The van der Waals surface area contributed by atoms with Crippen LogP contribution in [0.2, 0.25) is 0 Å². The number of amides is 4. The second-order valence-corrected chi connectivity index (χ2v) is 21.7. The summed E-state index contributed by atoms with van der Waals surface area (Å²) in [6, 6.07) is 8.11. The normalized spacial score (nSPS) is 21.6. The Labute approximate surface area is 405 Å². The molecule has 3 fully saturated rings. The van der Waals surface area contributed by atoms with Crippen LogP contribution in [0.4, 0.5) is 4.79 Å². The van der Waals surface area contributed by atoms with E-state index in [1.807, 2.05) is 37.1 Å². The molecule has 1 spiro atoms. The second-order valence-electron chi connectivity index (χ2n) is 20.7. The summed E-state index contributed by atoms with van der Waals surface area (Å²) in [5.74, 6) is -1.50. The Morgan fingerprint density at radius 3 is 2.57 bits per heavy atom. The van der Waals surface area contributed by atoms with Gasteiger partial charge in [0.1, 0.15) is 18.1 Å². The second kappa shape index (κ2) is 20.2. The molecule has 368 valence electrons. The van der Waals surface area contributed by atoms with Gasteiger partial charge in [0.2, 0.25) is 5.91 Å². The summed E-state index contributed by atoms with van der Waals surface area (Å²) in [5, 5.41) is 8.26. The molecule has 16 nitrogen and oxygen atoms in total. The highest BCUT2D eigenvalue weighted by Crippen LogP contribution is 2.50. The number of aryl methyl sites for hydroxylation is 1. The van der Waals surface area contributed by atoms with Crippen molar-refractivity contribution in [2.24, 2.45) is 16.7 Å². The number of hydrogen-bond donors (Lipinski definition) is 2. The van der Waals surface area contributed by atoms with Gasteiger partial charge in [0, 0.05) is 111 Å². The number of likely N-dealkylation sites (N-methyl/N-ethyl adjacent to an activating group) is 2. The SMILES string of the molecule is CCn1c(-c2cccnc2[C@H](C)OC)c2c3cc(ccc31)-c1csc(n1)C[C@H](NC(=O)[C@H](C(C)C)N(C)C(=O)N1CC3(CC(N(C)CCOC)C3)C1)C(=O)N1CCC[C@H](N1)C(=O)OCC(C)(C)C2. The van der Waals surface area contributed by atoms with Crippen LogP contribution in [-0.4, -0.2) is 150 Å². The number of likely N-dealkylation sites (tertiary alicyclic amines) is 1. The molecule has 17 heteroatoms. The molecule has 8 rings (SSSR count). The zero-order valence-corrected chi connectivity index (χ0v) is 42.4. The number of carbonyl (C=O) groups excluding carboxylic acids is 4. The highest BCUT2D eigenvalue weighted by Gasteiger charge is 2.55. The third-order valence-electron chi connectivity index (χ3n) is 14.7. The van der Waals surface area contributed by atoms with Crippen LogP contribution in [-0.2, 0) is 48.0 Å². The average molecular weight is 954 g/mol. The van der Waals surface area contributed by atoms with Gasteiger partial charge in [0.15, 0.2) is 0 Å². The maximum atomic E-state index is 14.7. The van der Waals surface area contributed by atoms with Crippen LogP contribution >= 0.6 is 11.3 Å². The maximum absolute atomic E-state index is 14.7. The average Bonchev–Trinajstić information content (AvgIpc) is 3.89. The summed E-state index contributed by atoms with van der Waals surface area (Å²) in [7, 11) is 7.21. The molecule has 4 aliphatic rings. The lowest BCUT2D eigenvalue weighted by Crippen LogP contribution is -2.69. The van der Waals surface area contributed by atoms with E-state index in [4.69, 9.17) is 24.2 Å². The zero-order chi connectivity index (χ0) is 48.7. The quantitative estimate of drug-likeness (QED) is 0.153. The Balaban J connectivity index is 1.10. The van der Waals surface area contributed by atoms with Crippen molar-refractivity contribution in [2.75, 3.05) is 67.7 Å². The lowest BCUT2D eigenvalue weighted by molar-refractivity contribution is -0.155. The van der Waals surface area contributed by atoms with Crippen LogP contribution in [0.5, 0.6) is 0 Å². The fraction of sp³-hybridized carbons (Fsp3) is 0.608. The predicted octanol–water partition coefficient (Wildman–Crippen LogP) is 6.32. The number of nitrogens with one attached hydrogen (secondary N) is 2. The first-order valence-electron chi connectivity index (χ1n) is 24.3. The molecule has 2 saturated heterocycles. The van der Waals surface area contributed by atoms with Crippen molar-refractivity contribution < 1.29 is 33.4 Å². The first kappa shape index (κ1) is 49.5. The molecular formula is C51H71N9O7S.